The van der Waals surface area contributed by atoms with Crippen molar-refractivity contribution >= 4 is 46.9 Å². The zero-order chi connectivity index (χ0) is 30.5. The highest BCUT2D eigenvalue weighted by atomic mass is 16.1. The van der Waals surface area contributed by atoms with E-state index >= 15 is 0 Å². The van der Waals surface area contributed by atoms with Crippen LogP contribution in [0.1, 0.15) is 80.3 Å². The van der Waals surface area contributed by atoms with Gasteiger partial charge in [0.25, 0.3) is 0 Å². The monoisotopic (exact) mass is 560 g/mol. The van der Waals surface area contributed by atoms with E-state index in [-0.39, 0.29) is 23.1 Å². The number of rotatable bonds is 10. The standard InChI is InChI=1S/2C17H16N2O2/c2*1-12(20)15-5-3-14(4-6-15)11-18-19-17-9-7-16(8-10-17)13(2)21/h2*3-11,19H,1-2H3/b2*18-11+. The summed E-state index contributed by atoms with van der Waals surface area (Å²) in [4.78, 5) is 44.6. The molecule has 8 heteroatoms. The van der Waals surface area contributed by atoms with Crippen LogP contribution < -0.4 is 10.9 Å². The van der Waals surface area contributed by atoms with Crippen molar-refractivity contribution in [2.24, 2.45) is 10.2 Å². The van der Waals surface area contributed by atoms with Crippen LogP contribution in [0, 0.1) is 0 Å². The molecule has 0 aliphatic rings. The third-order valence-electron chi connectivity index (χ3n) is 6.03. The highest BCUT2D eigenvalue weighted by Gasteiger charge is 2.00. The smallest absolute Gasteiger partial charge is 0.159 e. The van der Waals surface area contributed by atoms with E-state index in [2.05, 4.69) is 21.1 Å². The molecule has 4 aromatic carbocycles. The van der Waals surface area contributed by atoms with Crippen LogP contribution in [0.3, 0.4) is 0 Å². The minimum Gasteiger partial charge on any atom is -0.295 e. The van der Waals surface area contributed by atoms with Gasteiger partial charge in [-0.15, -0.1) is 0 Å². The Hall–Kier alpha value is -5.50. The molecule has 0 saturated heterocycles. The number of carbonyl (C=O) groups is 4. The molecule has 8 nitrogen and oxygen atoms in total. The molecule has 0 spiro atoms. The largest absolute Gasteiger partial charge is 0.295 e. The van der Waals surface area contributed by atoms with Gasteiger partial charge in [0.1, 0.15) is 0 Å². The Labute approximate surface area is 245 Å². The van der Waals surface area contributed by atoms with Crippen LogP contribution in [0.4, 0.5) is 11.4 Å². The molecule has 0 saturated carbocycles. The van der Waals surface area contributed by atoms with Crippen molar-refractivity contribution in [2.75, 3.05) is 10.9 Å². The lowest BCUT2D eigenvalue weighted by Crippen LogP contribution is -1.95. The van der Waals surface area contributed by atoms with Gasteiger partial charge in [0.05, 0.1) is 23.8 Å². The summed E-state index contributed by atoms with van der Waals surface area (Å²) in [6, 6.07) is 28.6. The van der Waals surface area contributed by atoms with Gasteiger partial charge in [-0.1, -0.05) is 48.5 Å². The van der Waals surface area contributed by atoms with Gasteiger partial charge in [0, 0.05) is 22.3 Å². The number of Topliss-reactive ketones (excluding diaryl/α,β-unsaturated/α-hetero) is 4. The predicted molar refractivity (Wildman–Crippen MR) is 168 cm³/mol. The first-order valence-corrected chi connectivity index (χ1v) is 13.1. The Balaban J connectivity index is 0.000000230. The Morgan fingerprint density at radius 3 is 0.905 bits per heavy atom. The zero-order valence-corrected chi connectivity index (χ0v) is 23.9. The van der Waals surface area contributed by atoms with Crippen molar-refractivity contribution in [2.45, 2.75) is 27.7 Å². The Morgan fingerprint density at radius 2 is 0.667 bits per heavy atom. The summed E-state index contributed by atoms with van der Waals surface area (Å²) in [5.74, 6) is 0.163. The second kappa shape index (κ2) is 15.3. The van der Waals surface area contributed by atoms with Crippen molar-refractivity contribution in [1.82, 2.24) is 0 Å². The van der Waals surface area contributed by atoms with Crippen LogP contribution in [-0.2, 0) is 0 Å². The van der Waals surface area contributed by atoms with Gasteiger partial charge >= 0.3 is 0 Å². The quantitative estimate of drug-likeness (QED) is 0.122. The van der Waals surface area contributed by atoms with Gasteiger partial charge < -0.3 is 0 Å². The topological polar surface area (TPSA) is 117 Å². The lowest BCUT2D eigenvalue weighted by molar-refractivity contribution is 0.100. The minimum atomic E-state index is 0.0376. The first-order valence-electron chi connectivity index (χ1n) is 13.1. The SMILES string of the molecule is CC(=O)c1ccc(/C=N/Nc2ccc(C(C)=O)cc2)cc1.CC(=O)c1ccc(/C=N/Nc2ccc(C(C)=O)cc2)cc1. The number of anilines is 2. The molecule has 0 fully saturated rings. The van der Waals surface area contributed by atoms with Gasteiger partial charge in [-0.25, -0.2) is 0 Å². The molecule has 4 rings (SSSR count). The number of benzene rings is 4. The van der Waals surface area contributed by atoms with E-state index in [0.717, 1.165) is 22.5 Å². The molecule has 4 aromatic rings. The van der Waals surface area contributed by atoms with Crippen molar-refractivity contribution in [3.05, 3.63) is 130 Å². The average Bonchev–Trinajstić information content (AvgIpc) is 2.98. The molecule has 0 unspecified atom stereocenters. The molecule has 0 heterocycles. The predicted octanol–water partition coefficient (Wildman–Crippen LogP) is 7.08. The van der Waals surface area contributed by atoms with E-state index in [1.807, 2.05) is 24.3 Å². The maximum absolute atomic E-state index is 11.2. The van der Waals surface area contributed by atoms with Gasteiger partial charge in [0.15, 0.2) is 23.1 Å². The van der Waals surface area contributed by atoms with Crippen molar-refractivity contribution in [3.63, 3.8) is 0 Å². The second-order valence-electron chi connectivity index (χ2n) is 9.36. The number of carbonyl (C=O) groups excluding carboxylic acids is 4. The molecule has 42 heavy (non-hydrogen) atoms. The summed E-state index contributed by atoms with van der Waals surface area (Å²) in [5.41, 5.74) is 11.9. The lowest BCUT2D eigenvalue weighted by atomic mass is 10.1. The summed E-state index contributed by atoms with van der Waals surface area (Å²) >= 11 is 0. The van der Waals surface area contributed by atoms with Crippen LogP contribution in [-0.4, -0.2) is 35.6 Å². The number of hydrogen-bond acceptors (Lipinski definition) is 8. The molecular formula is C34H32N4O4. The van der Waals surface area contributed by atoms with E-state index in [1.54, 1.807) is 85.2 Å². The molecular weight excluding hydrogens is 528 g/mol. The third-order valence-corrected chi connectivity index (χ3v) is 6.03. The molecule has 0 aromatic heterocycles. The maximum Gasteiger partial charge on any atom is 0.159 e. The maximum atomic E-state index is 11.2. The minimum absolute atomic E-state index is 0.0376. The molecule has 0 aliphatic carbocycles. The fourth-order valence-electron chi connectivity index (χ4n) is 3.53. The first-order chi connectivity index (χ1) is 20.1. The number of nitrogens with one attached hydrogen (secondary N) is 2. The third kappa shape index (κ3) is 9.91. The van der Waals surface area contributed by atoms with Gasteiger partial charge in [-0.3, -0.25) is 30.0 Å². The molecule has 2 N–H and O–H groups in total. The average molecular weight is 561 g/mol. The van der Waals surface area contributed by atoms with Gasteiger partial charge in [0.2, 0.25) is 0 Å². The number of nitrogens with zero attached hydrogens (tertiary/aromatic N) is 2. The van der Waals surface area contributed by atoms with Gasteiger partial charge in [-0.05, 0) is 87.4 Å². The fraction of sp³-hybridized carbons (Fsp3) is 0.118. The second-order valence-corrected chi connectivity index (χ2v) is 9.36. The molecule has 0 amide bonds. The van der Waals surface area contributed by atoms with Crippen LogP contribution in [0.25, 0.3) is 0 Å². The number of hydrazone groups is 2. The number of hydrogen-bond donors (Lipinski definition) is 2. The van der Waals surface area contributed by atoms with E-state index in [1.165, 1.54) is 27.7 Å². The lowest BCUT2D eigenvalue weighted by Gasteiger charge is -2.01. The molecule has 0 radical (unpaired) electrons. The highest BCUT2D eigenvalue weighted by molar-refractivity contribution is 5.96. The summed E-state index contributed by atoms with van der Waals surface area (Å²) in [5, 5.41) is 8.23. The highest BCUT2D eigenvalue weighted by Crippen LogP contribution is 2.11. The van der Waals surface area contributed by atoms with Crippen LogP contribution in [0.5, 0.6) is 0 Å². The molecule has 0 atom stereocenters. The van der Waals surface area contributed by atoms with E-state index in [9.17, 15) is 19.2 Å². The summed E-state index contributed by atoms with van der Waals surface area (Å²) in [7, 11) is 0. The fourth-order valence-corrected chi connectivity index (χ4v) is 3.53. The van der Waals surface area contributed by atoms with Crippen LogP contribution >= 0.6 is 0 Å². The zero-order valence-electron chi connectivity index (χ0n) is 23.9. The summed E-state index contributed by atoms with van der Waals surface area (Å²) in [6.45, 7) is 6.14. The molecule has 0 aliphatic heterocycles. The van der Waals surface area contributed by atoms with Crippen molar-refractivity contribution in [1.29, 1.82) is 0 Å². The Bertz CT molecular complexity index is 1460. The van der Waals surface area contributed by atoms with E-state index in [4.69, 9.17) is 0 Å². The Kier molecular flexibility index (Phi) is 11.3. The van der Waals surface area contributed by atoms with Crippen LogP contribution in [0.2, 0.25) is 0 Å². The van der Waals surface area contributed by atoms with Gasteiger partial charge in [-0.2, -0.15) is 10.2 Å². The molecule has 212 valence electrons. The van der Waals surface area contributed by atoms with Crippen molar-refractivity contribution < 1.29 is 19.2 Å². The number of ketones is 4. The van der Waals surface area contributed by atoms with E-state index < -0.39 is 0 Å². The summed E-state index contributed by atoms with van der Waals surface area (Å²) in [6.07, 6.45) is 3.34. The molecule has 0 bridgehead atoms. The van der Waals surface area contributed by atoms with Crippen LogP contribution in [0.15, 0.2) is 107 Å². The first kappa shape index (κ1) is 31.0. The Morgan fingerprint density at radius 1 is 0.429 bits per heavy atom. The van der Waals surface area contributed by atoms with Crippen molar-refractivity contribution in [3.8, 4) is 0 Å². The normalized spacial score (nSPS) is 10.6. The van der Waals surface area contributed by atoms with E-state index in [0.29, 0.717) is 22.3 Å². The summed E-state index contributed by atoms with van der Waals surface area (Å²) < 4.78 is 0.